The summed E-state index contributed by atoms with van der Waals surface area (Å²) in [6, 6.07) is 0. The van der Waals surface area contributed by atoms with Crippen LogP contribution in [0.5, 0.6) is 0 Å². The van der Waals surface area contributed by atoms with Crippen LogP contribution in [0.25, 0.3) is 0 Å². The molecule has 0 amide bonds. The molecule has 90 valence electrons. The molecule has 4 atom stereocenters. The van der Waals surface area contributed by atoms with Gasteiger partial charge in [-0.2, -0.15) is 0 Å². The molecule has 0 aromatic rings. The van der Waals surface area contributed by atoms with E-state index in [0.717, 1.165) is 38.9 Å². The summed E-state index contributed by atoms with van der Waals surface area (Å²) in [4.78, 5) is 11.6. The minimum atomic E-state index is -0.661. The molecule has 0 aromatic carbocycles. The summed E-state index contributed by atoms with van der Waals surface area (Å²) < 4.78 is 11.1. The molecule has 4 nitrogen and oxygen atoms in total. The van der Waals surface area contributed by atoms with Crippen molar-refractivity contribution in [1.82, 2.24) is 0 Å². The first-order valence-corrected chi connectivity index (χ1v) is 6.17. The van der Waals surface area contributed by atoms with Crippen LogP contribution >= 0.6 is 0 Å². The number of carboxylic acids is 1. The highest BCUT2D eigenvalue weighted by Crippen LogP contribution is 2.52. The van der Waals surface area contributed by atoms with Crippen LogP contribution in [0.1, 0.15) is 32.1 Å². The SMILES string of the molecule is O=C(O)C1(CC2CCOC2)CC2CCC1O2. The first-order valence-electron chi connectivity index (χ1n) is 6.17. The van der Waals surface area contributed by atoms with Gasteiger partial charge in [0.1, 0.15) is 0 Å². The van der Waals surface area contributed by atoms with Crippen LogP contribution in [-0.2, 0) is 14.3 Å². The van der Waals surface area contributed by atoms with E-state index in [1.165, 1.54) is 0 Å². The summed E-state index contributed by atoms with van der Waals surface area (Å²) in [5.41, 5.74) is -0.610. The van der Waals surface area contributed by atoms with E-state index in [2.05, 4.69) is 0 Å². The topological polar surface area (TPSA) is 55.8 Å². The fourth-order valence-electron chi connectivity index (χ4n) is 3.59. The Morgan fingerprint density at radius 3 is 2.75 bits per heavy atom. The molecule has 1 N–H and O–H groups in total. The van der Waals surface area contributed by atoms with Gasteiger partial charge in [-0.1, -0.05) is 0 Å². The number of carboxylic acid groups (broad SMARTS) is 1. The lowest BCUT2D eigenvalue weighted by atomic mass is 9.68. The van der Waals surface area contributed by atoms with Gasteiger partial charge in [0.2, 0.25) is 0 Å². The van der Waals surface area contributed by atoms with Crippen LogP contribution in [0.2, 0.25) is 0 Å². The minimum absolute atomic E-state index is 0.0457. The molecule has 0 aromatic heterocycles. The molecular formula is C12H18O4. The summed E-state index contributed by atoms with van der Waals surface area (Å²) >= 11 is 0. The molecule has 4 unspecified atom stereocenters. The lowest BCUT2D eigenvalue weighted by Crippen LogP contribution is -2.42. The molecule has 3 heterocycles. The van der Waals surface area contributed by atoms with Gasteiger partial charge in [0.05, 0.1) is 17.6 Å². The summed E-state index contributed by atoms with van der Waals surface area (Å²) in [6.45, 7) is 1.52. The third kappa shape index (κ3) is 1.47. The number of hydrogen-bond donors (Lipinski definition) is 1. The highest BCUT2D eigenvalue weighted by molar-refractivity contribution is 5.76. The van der Waals surface area contributed by atoms with E-state index >= 15 is 0 Å². The Labute approximate surface area is 94.9 Å². The maximum atomic E-state index is 11.6. The quantitative estimate of drug-likeness (QED) is 0.791. The van der Waals surface area contributed by atoms with Crippen LogP contribution < -0.4 is 0 Å². The molecule has 16 heavy (non-hydrogen) atoms. The molecule has 4 heteroatoms. The van der Waals surface area contributed by atoms with Crippen molar-refractivity contribution < 1.29 is 19.4 Å². The Bertz CT molecular complexity index is 297. The van der Waals surface area contributed by atoms with E-state index < -0.39 is 11.4 Å². The second kappa shape index (κ2) is 3.70. The molecule has 3 aliphatic rings. The Morgan fingerprint density at radius 1 is 1.38 bits per heavy atom. The first-order chi connectivity index (χ1) is 7.71. The first kappa shape index (κ1) is 10.5. The number of ether oxygens (including phenoxy) is 2. The number of aliphatic carboxylic acids is 1. The van der Waals surface area contributed by atoms with Gasteiger partial charge in [0.25, 0.3) is 0 Å². The van der Waals surface area contributed by atoms with Crippen molar-refractivity contribution in [2.45, 2.75) is 44.3 Å². The van der Waals surface area contributed by atoms with Gasteiger partial charge in [0, 0.05) is 13.2 Å². The van der Waals surface area contributed by atoms with Crippen LogP contribution in [0.15, 0.2) is 0 Å². The molecule has 0 spiro atoms. The highest BCUT2D eigenvalue weighted by atomic mass is 16.5. The fourth-order valence-corrected chi connectivity index (χ4v) is 3.59. The second-order valence-electron chi connectivity index (χ2n) is 5.42. The van der Waals surface area contributed by atoms with E-state index in [1.54, 1.807) is 0 Å². The maximum Gasteiger partial charge on any atom is 0.312 e. The van der Waals surface area contributed by atoms with Gasteiger partial charge in [-0.25, -0.2) is 0 Å². The van der Waals surface area contributed by atoms with Crippen molar-refractivity contribution in [3.63, 3.8) is 0 Å². The van der Waals surface area contributed by atoms with Gasteiger partial charge < -0.3 is 14.6 Å². The van der Waals surface area contributed by atoms with Crippen molar-refractivity contribution in [3.05, 3.63) is 0 Å². The Balaban J connectivity index is 1.78. The molecule has 0 radical (unpaired) electrons. The largest absolute Gasteiger partial charge is 0.481 e. The predicted octanol–water partition coefficient (Wildman–Crippen LogP) is 1.44. The zero-order valence-corrected chi connectivity index (χ0v) is 9.35. The van der Waals surface area contributed by atoms with Crippen molar-refractivity contribution in [1.29, 1.82) is 0 Å². The predicted molar refractivity (Wildman–Crippen MR) is 56.1 cm³/mol. The third-order valence-electron chi connectivity index (χ3n) is 4.42. The van der Waals surface area contributed by atoms with Gasteiger partial charge in [0.15, 0.2) is 0 Å². The van der Waals surface area contributed by atoms with E-state index in [4.69, 9.17) is 9.47 Å². The zero-order chi connectivity index (χ0) is 11.2. The zero-order valence-electron chi connectivity index (χ0n) is 9.35. The number of fused-ring (bicyclic) bond motifs is 2. The molecule has 0 aliphatic carbocycles. The lowest BCUT2D eigenvalue weighted by molar-refractivity contribution is -0.153. The summed E-state index contributed by atoms with van der Waals surface area (Å²) in [7, 11) is 0. The molecule has 3 fully saturated rings. The summed E-state index contributed by atoms with van der Waals surface area (Å²) in [6.07, 6.45) is 4.57. The van der Waals surface area contributed by atoms with Crippen molar-refractivity contribution in [2.75, 3.05) is 13.2 Å². The minimum Gasteiger partial charge on any atom is -0.481 e. The van der Waals surface area contributed by atoms with E-state index in [0.29, 0.717) is 12.3 Å². The number of carbonyl (C=O) groups is 1. The van der Waals surface area contributed by atoms with E-state index in [1.807, 2.05) is 0 Å². The Morgan fingerprint density at radius 2 is 2.25 bits per heavy atom. The van der Waals surface area contributed by atoms with Gasteiger partial charge in [-0.15, -0.1) is 0 Å². The lowest BCUT2D eigenvalue weighted by Gasteiger charge is -2.32. The molecule has 3 aliphatic heterocycles. The smallest absolute Gasteiger partial charge is 0.312 e. The average molecular weight is 226 g/mol. The summed E-state index contributed by atoms with van der Waals surface area (Å²) in [5, 5.41) is 9.53. The molecule has 3 rings (SSSR count). The van der Waals surface area contributed by atoms with E-state index in [-0.39, 0.29) is 12.2 Å². The number of hydrogen-bond acceptors (Lipinski definition) is 3. The second-order valence-corrected chi connectivity index (χ2v) is 5.42. The van der Waals surface area contributed by atoms with Gasteiger partial charge in [-0.05, 0) is 38.0 Å². The molecule has 2 bridgehead atoms. The van der Waals surface area contributed by atoms with Gasteiger partial charge >= 0.3 is 5.97 Å². The van der Waals surface area contributed by atoms with Crippen LogP contribution in [-0.4, -0.2) is 36.5 Å². The monoisotopic (exact) mass is 226 g/mol. The standard InChI is InChI=1S/C12H18O4/c13-11(14)12(5-8-3-4-15-7-8)6-9-1-2-10(12)16-9/h8-10H,1-7H2,(H,13,14). The highest BCUT2D eigenvalue weighted by Gasteiger charge is 2.57. The van der Waals surface area contributed by atoms with Crippen LogP contribution in [0.3, 0.4) is 0 Å². The van der Waals surface area contributed by atoms with Crippen molar-refractivity contribution in [3.8, 4) is 0 Å². The van der Waals surface area contributed by atoms with Crippen molar-refractivity contribution in [2.24, 2.45) is 11.3 Å². The summed E-state index contributed by atoms with van der Waals surface area (Å²) in [5.74, 6) is -0.245. The van der Waals surface area contributed by atoms with Crippen LogP contribution in [0.4, 0.5) is 0 Å². The number of rotatable bonds is 3. The molecule has 3 saturated heterocycles. The molecule has 0 saturated carbocycles. The van der Waals surface area contributed by atoms with Crippen molar-refractivity contribution >= 4 is 5.97 Å². The average Bonchev–Trinajstić information content (AvgIpc) is 2.92. The fraction of sp³-hybridized carbons (Fsp3) is 0.917. The Hall–Kier alpha value is -0.610. The van der Waals surface area contributed by atoms with Gasteiger partial charge in [-0.3, -0.25) is 4.79 Å². The maximum absolute atomic E-state index is 11.6. The van der Waals surface area contributed by atoms with E-state index in [9.17, 15) is 9.90 Å². The third-order valence-corrected chi connectivity index (χ3v) is 4.42. The normalized spacial score (nSPS) is 46.4. The van der Waals surface area contributed by atoms with Crippen LogP contribution in [0, 0.1) is 11.3 Å². The Kier molecular flexibility index (Phi) is 2.44. The molecular weight excluding hydrogens is 208 g/mol.